The maximum absolute atomic E-state index is 12.3. The molecule has 4 nitrogen and oxygen atoms in total. The first-order valence-electron chi connectivity index (χ1n) is 6.30. The maximum atomic E-state index is 12.3. The van der Waals surface area contributed by atoms with Crippen molar-refractivity contribution >= 4 is 34.9 Å². The molecule has 1 amide bonds. The van der Waals surface area contributed by atoms with Gasteiger partial charge >= 0.3 is 0 Å². The fourth-order valence-electron chi connectivity index (χ4n) is 2.27. The molecule has 0 atom stereocenters. The van der Waals surface area contributed by atoms with E-state index in [1.807, 2.05) is 24.3 Å². The number of hydrazone groups is 1. The van der Waals surface area contributed by atoms with Gasteiger partial charge in [0.25, 0.3) is 11.7 Å². The van der Waals surface area contributed by atoms with Gasteiger partial charge in [-0.1, -0.05) is 41.4 Å². The lowest BCUT2D eigenvalue weighted by molar-refractivity contribution is -0.584. The minimum Gasteiger partial charge on any atom is -0.285 e. The molecule has 2 aromatic carbocycles. The fraction of sp³-hybridized carbons (Fsp3) is 0.0667. The lowest BCUT2D eigenvalue weighted by atomic mass is 10.1. The quantitative estimate of drug-likeness (QED) is 0.835. The van der Waals surface area contributed by atoms with E-state index in [4.69, 9.17) is 28.9 Å². The van der Waals surface area contributed by atoms with Gasteiger partial charge in [0.1, 0.15) is 6.54 Å². The van der Waals surface area contributed by atoms with E-state index < -0.39 is 0 Å². The first kappa shape index (κ1) is 13.9. The van der Waals surface area contributed by atoms with Crippen LogP contribution in [-0.2, 0) is 6.54 Å². The van der Waals surface area contributed by atoms with Gasteiger partial charge in [-0.3, -0.25) is 10.5 Å². The second-order valence-electron chi connectivity index (χ2n) is 4.69. The molecule has 0 saturated heterocycles. The molecule has 3 N–H and O–H groups in total. The third-order valence-corrected chi connectivity index (χ3v) is 3.87. The number of carbonyl (C=O) groups is 1. The van der Waals surface area contributed by atoms with E-state index in [0.717, 1.165) is 11.1 Å². The number of hydrogen-bond acceptors (Lipinski definition) is 2. The lowest BCUT2D eigenvalue weighted by Gasteiger charge is -2.07. The van der Waals surface area contributed by atoms with E-state index >= 15 is 0 Å². The van der Waals surface area contributed by atoms with Crippen LogP contribution in [0.25, 0.3) is 0 Å². The largest absolute Gasteiger partial charge is 0.299 e. The average molecular weight is 321 g/mol. The number of carbonyl (C=O) groups excluding carboxylic acids is 1. The van der Waals surface area contributed by atoms with E-state index in [2.05, 4.69) is 5.43 Å². The Balaban J connectivity index is 1.85. The third-order valence-electron chi connectivity index (χ3n) is 3.32. The van der Waals surface area contributed by atoms with Gasteiger partial charge in [-0.25, -0.2) is 0 Å². The monoisotopic (exact) mass is 320 g/mol. The molecule has 1 heterocycles. The van der Waals surface area contributed by atoms with Gasteiger partial charge in [-0.15, -0.1) is 0 Å². The second-order valence-corrected chi connectivity index (χ2v) is 5.54. The normalized spacial score (nSPS) is 13.2. The Labute approximate surface area is 131 Å². The summed E-state index contributed by atoms with van der Waals surface area (Å²) in [7, 11) is 0. The Kier molecular flexibility index (Phi) is 3.57. The van der Waals surface area contributed by atoms with E-state index in [0.29, 0.717) is 28.0 Å². The van der Waals surface area contributed by atoms with Crippen LogP contribution in [0.2, 0.25) is 10.0 Å². The highest BCUT2D eigenvalue weighted by Gasteiger charge is 2.26. The summed E-state index contributed by atoms with van der Waals surface area (Å²) in [5.74, 6) is 0.191. The van der Waals surface area contributed by atoms with Crippen LogP contribution < -0.4 is 11.2 Å². The number of nitrogens with one attached hydrogen (secondary N) is 1. The van der Waals surface area contributed by atoms with Crippen molar-refractivity contribution in [2.45, 2.75) is 6.54 Å². The van der Waals surface area contributed by atoms with Gasteiger partial charge < -0.3 is 0 Å². The zero-order valence-electron chi connectivity index (χ0n) is 10.9. The van der Waals surface area contributed by atoms with Crippen LogP contribution in [0.5, 0.6) is 0 Å². The molecule has 106 valence electrons. The number of halogens is 2. The Bertz CT molecular complexity index is 771. The minimum absolute atomic E-state index is 0.301. The van der Waals surface area contributed by atoms with Gasteiger partial charge in [0.05, 0.1) is 16.1 Å². The maximum Gasteiger partial charge on any atom is 0.299 e. The van der Waals surface area contributed by atoms with Crippen molar-refractivity contribution in [1.82, 2.24) is 5.43 Å². The van der Waals surface area contributed by atoms with Crippen molar-refractivity contribution in [1.29, 1.82) is 0 Å². The van der Waals surface area contributed by atoms with Crippen LogP contribution in [-0.4, -0.2) is 16.4 Å². The molecule has 0 radical (unpaired) electrons. The Morgan fingerprint density at radius 2 is 1.95 bits per heavy atom. The van der Waals surface area contributed by atoms with E-state index in [1.165, 1.54) is 6.07 Å². The molecule has 21 heavy (non-hydrogen) atoms. The summed E-state index contributed by atoms with van der Waals surface area (Å²) in [4.78, 5) is 12.3. The molecule has 0 aliphatic carbocycles. The van der Waals surface area contributed by atoms with Gasteiger partial charge in [0, 0.05) is 10.6 Å². The van der Waals surface area contributed by atoms with Crippen molar-refractivity contribution in [3.63, 3.8) is 0 Å². The summed E-state index contributed by atoms with van der Waals surface area (Å²) in [6.45, 7) is 0.527. The highest BCUT2D eigenvalue weighted by Crippen LogP contribution is 2.21. The van der Waals surface area contributed by atoms with Crippen LogP contribution in [0.3, 0.4) is 0 Å². The molecular weight excluding hydrogens is 309 g/mol. The lowest BCUT2D eigenvalue weighted by Crippen LogP contribution is -2.38. The van der Waals surface area contributed by atoms with E-state index in [1.54, 1.807) is 16.8 Å². The van der Waals surface area contributed by atoms with Gasteiger partial charge in [0.15, 0.2) is 0 Å². The number of fused-ring (bicyclic) bond motifs is 1. The van der Waals surface area contributed by atoms with Crippen LogP contribution in [0.4, 0.5) is 0 Å². The molecule has 1 aliphatic heterocycles. The number of benzene rings is 2. The number of hydrogen-bond donors (Lipinski definition) is 2. The van der Waals surface area contributed by atoms with Crippen molar-refractivity contribution in [3.05, 3.63) is 69.2 Å². The van der Waals surface area contributed by atoms with Gasteiger partial charge in [0.2, 0.25) is 0 Å². The standard InChI is InChI=1S/C15H11Cl2N3O/c16-10-5-6-12(13(17)7-10)15(21)19-20-8-9-3-1-2-4-11(9)14(20)18/h1-7,18H,8H2,(H,19,21)/p+1. The molecule has 0 bridgehead atoms. The number of amides is 1. The molecule has 0 aromatic heterocycles. The predicted octanol–water partition coefficient (Wildman–Crippen LogP) is 2.57. The summed E-state index contributed by atoms with van der Waals surface area (Å²) in [6.07, 6.45) is 0. The highest BCUT2D eigenvalue weighted by atomic mass is 35.5. The molecule has 1 aliphatic rings. The molecule has 0 unspecified atom stereocenters. The molecule has 6 heteroatoms. The smallest absolute Gasteiger partial charge is 0.285 e. The van der Waals surface area contributed by atoms with Gasteiger partial charge in [-0.05, 0) is 24.3 Å². The molecular formula is C15H12Cl2N3O+. The zero-order valence-corrected chi connectivity index (χ0v) is 12.4. The molecule has 0 spiro atoms. The van der Waals surface area contributed by atoms with Crippen molar-refractivity contribution in [2.75, 3.05) is 0 Å². The van der Waals surface area contributed by atoms with Crippen LogP contribution >= 0.6 is 23.2 Å². The summed E-state index contributed by atoms with van der Waals surface area (Å²) < 4.78 is 1.61. The van der Waals surface area contributed by atoms with Crippen molar-refractivity contribution in [2.24, 2.45) is 5.73 Å². The first-order chi connectivity index (χ1) is 10.1. The number of amidine groups is 1. The summed E-state index contributed by atoms with van der Waals surface area (Å²) in [5, 5.41) is 0.784. The third kappa shape index (κ3) is 2.60. The summed E-state index contributed by atoms with van der Waals surface area (Å²) in [5.41, 5.74) is 11.2. The number of nitrogens with two attached hydrogens (primary N) is 1. The van der Waals surface area contributed by atoms with Crippen LogP contribution in [0.1, 0.15) is 21.5 Å². The predicted molar refractivity (Wildman–Crippen MR) is 82.6 cm³/mol. The number of hydrazine groups is 1. The minimum atomic E-state index is -0.326. The van der Waals surface area contributed by atoms with Crippen molar-refractivity contribution < 1.29 is 9.48 Å². The first-order valence-corrected chi connectivity index (χ1v) is 7.06. The van der Waals surface area contributed by atoms with Crippen LogP contribution in [0, 0.1) is 0 Å². The highest BCUT2D eigenvalue weighted by molar-refractivity contribution is 6.36. The fourth-order valence-corrected chi connectivity index (χ4v) is 2.76. The van der Waals surface area contributed by atoms with Crippen LogP contribution in [0.15, 0.2) is 42.5 Å². The van der Waals surface area contributed by atoms with E-state index in [9.17, 15) is 4.79 Å². The Morgan fingerprint density at radius 1 is 1.19 bits per heavy atom. The molecule has 3 rings (SSSR count). The molecule has 0 saturated carbocycles. The van der Waals surface area contributed by atoms with E-state index in [-0.39, 0.29) is 5.91 Å². The zero-order chi connectivity index (χ0) is 15.0. The second kappa shape index (κ2) is 5.39. The Hall–Kier alpha value is -2.04. The summed E-state index contributed by atoms with van der Waals surface area (Å²) >= 11 is 11.9. The SMILES string of the molecule is NC1=[N+](NC(=O)c2ccc(Cl)cc2Cl)Cc2ccccc21. The number of nitrogens with zero attached hydrogens (tertiary/aromatic N) is 1. The number of rotatable bonds is 2. The Morgan fingerprint density at radius 3 is 2.67 bits per heavy atom. The molecule has 0 fully saturated rings. The van der Waals surface area contributed by atoms with Crippen molar-refractivity contribution in [3.8, 4) is 0 Å². The topological polar surface area (TPSA) is 58.1 Å². The average Bonchev–Trinajstić information content (AvgIpc) is 2.76. The summed E-state index contributed by atoms with van der Waals surface area (Å²) in [6, 6.07) is 12.5. The van der Waals surface area contributed by atoms with Gasteiger partial charge in [-0.2, -0.15) is 10.1 Å². The molecule has 2 aromatic rings.